The quantitative estimate of drug-likeness (QED) is 0.819. The van der Waals surface area contributed by atoms with Crippen LogP contribution in [0.15, 0.2) is 42.1 Å². The van der Waals surface area contributed by atoms with Crippen LogP contribution in [0.1, 0.15) is 37.4 Å². The normalized spacial score (nSPS) is 17.5. The van der Waals surface area contributed by atoms with Crippen LogP contribution >= 0.6 is 0 Å². The highest BCUT2D eigenvalue weighted by atomic mass is 14.8. The lowest BCUT2D eigenvalue weighted by molar-refractivity contribution is 0.641. The number of hydrogen-bond donors (Lipinski definition) is 1. The van der Waals surface area contributed by atoms with E-state index in [1.54, 1.807) is 0 Å². The van der Waals surface area contributed by atoms with E-state index in [1.807, 2.05) is 30.5 Å². The maximum absolute atomic E-state index is 6.29. The molecule has 0 saturated heterocycles. The first-order valence-electron chi connectivity index (χ1n) is 6.51. The smallest absolute Gasteiger partial charge is 0.0890 e. The molecule has 1 aliphatic rings. The Balaban J connectivity index is 1.96. The van der Waals surface area contributed by atoms with Crippen molar-refractivity contribution in [2.24, 2.45) is 5.73 Å². The fourth-order valence-corrected chi connectivity index (χ4v) is 2.46. The number of nitrogens with two attached hydrogens (primary N) is 1. The van der Waals surface area contributed by atoms with Crippen molar-refractivity contribution in [1.29, 1.82) is 0 Å². The summed E-state index contributed by atoms with van der Waals surface area (Å²) < 4.78 is 0. The fourth-order valence-electron chi connectivity index (χ4n) is 2.46. The van der Waals surface area contributed by atoms with Crippen LogP contribution in [-0.2, 0) is 0 Å². The van der Waals surface area contributed by atoms with Crippen molar-refractivity contribution < 1.29 is 0 Å². The first-order chi connectivity index (χ1) is 8.84. The zero-order valence-electron chi connectivity index (χ0n) is 10.3. The van der Waals surface area contributed by atoms with Crippen LogP contribution in [-0.4, -0.2) is 9.97 Å². The summed E-state index contributed by atoms with van der Waals surface area (Å²) in [5.41, 5.74) is 10.3. The highest BCUT2D eigenvalue weighted by molar-refractivity contribution is 5.73. The highest BCUT2D eigenvalue weighted by Crippen LogP contribution is 2.27. The van der Waals surface area contributed by atoms with Gasteiger partial charge in [-0.3, -0.25) is 4.98 Å². The summed E-state index contributed by atoms with van der Waals surface area (Å²) in [6, 6.07) is 7.81. The molecule has 0 radical (unpaired) electrons. The zero-order chi connectivity index (χ0) is 12.4. The van der Waals surface area contributed by atoms with E-state index in [1.165, 1.54) is 18.4 Å². The van der Waals surface area contributed by atoms with E-state index in [4.69, 9.17) is 5.73 Å². The van der Waals surface area contributed by atoms with Gasteiger partial charge < -0.3 is 5.73 Å². The van der Waals surface area contributed by atoms with Gasteiger partial charge in [-0.2, -0.15) is 0 Å². The largest absolute Gasteiger partial charge is 0.319 e. The van der Waals surface area contributed by atoms with Crippen molar-refractivity contribution in [3.8, 4) is 0 Å². The third-order valence-electron chi connectivity index (χ3n) is 3.51. The fraction of sp³-hybridized carbons (Fsp3) is 0.333. The molecule has 3 rings (SSSR count). The first kappa shape index (κ1) is 11.4. The second-order valence-electron chi connectivity index (χ2n) is 4.79. The molecule has 1 atom stereocenters. The summed E-state index contributed by atoms with van der Waals surface area (Å²) in [7, 11) is 0. The first-order valence-corrected chi connectivity index (χ1v) is 6.51. The zero-order valence-corrected chi connectivity index (χ0v) is 10.3. The molecule has 2 N–H and O–H groups in total. The SMILES string of the molecule is NC(C1=CCCCC1)c1cnc2ccccc2n1. The van der Waals surface area contributed by atoms with E-state index in [0.717, 1.165) is 29.6 Å². The van der Waals surface area contributed by atoms with Gasteiger partial charge in [0.2, 0.25) is 0 Å². The van der Waals surface area contributed by atoms with Crippen LogP contribution in [0.25, 0.3) is 11.0 Å². The second-order valence-corrected chi connectivity index (χ2v) is 4.79. The molecule has 18 heavy (non-hydrogen) atoms. The molecule has 0 fully saturated rings. The van der Waals surface area contributed by atoms with Gasteiger partial charge in [0.05, 0.1) is 29.0 Å². The van der Waals surface area contributed by atoms with Crippen LogP contribution in [0.4, 0.5) is 0 Å². The molecule has 3 heteroatoms. The molecule has 2 aromatic rings. The van der Waals surface area contributed by atoms with Crippen molar-refractivity contribution in [2.75, 3.05) is 0 Å². The predicted molar refractivity (Wildman–Crippen MR) is 73.0 cm³/mol. The van der Waals surface area contributed by atoms with Crippen LogP contribution in [0, 0.1) is 0 Å². The number of fused-ring (bicyclic) bond motifs is 1. The van der Waals surface area contributed by atoms with E-state index in [9.17, 15) is 0 Å². The van der Waals surface area contributed by atoms with Gasteiger partial charge in [-0.25, -0.2) is 4.98 Å². The molecular weight excluding hydrogens is 222 g/mol. The third-order valence-corrected chi connectivity index (χ3v) is 3.51. The average molecular weight is 239 g/mol. The Kier molecular flexibility index (Phi) is 3.07. The van der Waals surface area contributed by atoms with Crippen molar-refractivity contribution in [1.82, 2.24) is 9.97 Å². The maximum atomic E-state index is 6.29. The van der Waals surface area contributed by atoms with Gasteiger partial charge >= 0.3 is 0 Å². The second kappa shape index (κ2) is 4.86. The molecule has 0 bridgehead atoms. The molecule has 1 aromatic heterocycles. The Morgan fingerprint density at radius 3 is 2.72 bits per heavy atom. The molecule has 1 unspecified atom stereocenters. The number of hydrogen-bond acceptors (Lipinski definition) is 3. The Hall–Kier alpha value is -1.74. The average Bonchev–Trinajstić information content (AvgIpc) is 2.47. The Morgan fingerprint density at radius 2 is 1.94 bits per heavy atom. The van der Waals surface area contributed by atoms with Gasteiger partial charge in [0.25, 0.3) is 0 Å². The minimum atomic E-state index is -0.0950. The van der Waals surface area contributed by atoms with Crippen LogP contribution < -0.4 is 5.73 Å². The van der Waals surface area contributed by atoms with Gasteiger partial charge in [-0.05, 0) is 37.8 Å². The summed E-state index contributed by atoms with van der Waals surface area (Å²) in [5.74, 6) is 0. The molecule has 1 heterocycles. The summed E-state index contributed by atoms with van der Waals surface area (Å²) >= 11 is 0. The summed E-state index contributed by atoms with van der Waals surface area (Å²) in [4.78, 5) is 9.05. The third kappa shape index (κ3) is 2.14. The van der Waals surface area contributed by atoms with Gasteiger partial charge in [0.1, 0.15) is 0 Å². The molecule has 92 valence electrons. The standard InChI is InChI=1S/C15H17N3/c16-15(11-6-2-1-3-7-11)14-10-17-12-8-4-5-9-13(12)18-14/h4-6,8-10,15H,1-3,7,16H2. The Morgan fingerprint density at radius 1 is 1.11 bits per heavy atom. The molecule has 0 spiro atoms. The van der Waals surface area contributed by atoms with Gasteiger partial charge in [-0.15, -0.1) is 0 Å². The van der Waals surface area contributed by atoms with Crippen LogP contribution in [0.2, 0.25) is 0 Å². The molecule has 1 aromatic carbocycles. The lowest BCUT2D eigenvalue weighted by Crippen LogP contribution is -2.16. The topological polar surface area (TPSA) is 51.8 Å². The number of allylic oxidation sites excluding steroid dienone is 1. The summed E-state index contributed by atoms with van der Waals surface area (Å²) in [6.07, 6.45) is 8.83. The van der Waals surface area contributed by atoms with Crippen LogP contribution in [0.5, 0.6) is 0 Å². The van der Waals surface area contributed by atoms with E-state index >= 15 is 0 Å². The van der Waals surface area contributed by atoms with E-state index < -0.39 is 0 Å². The molecule has 1 aliphatic carbocycles. The molecular formula is C15H17N3. The van der Waals surface area contributed by atoms with E-state index in [0.29, 0.717) is 0 Å². The minimum absolute atomic E-state index is 0.0950. The number of rotatable bonds is 2. The van der Waals surface area contributed by atoms with Gasteiger partial charge in [-0.1, -0.05) is 23.8 Å². The lowest BCUT2D eigenvalue weighted by Gasteiger charge is -2.19. The molecule has 3 nitrogen and oxygen atoms in total. The maximum Gasteiger partial charge on any atom is 0.0890 e. The number of nitrogens with zero attached hydrogens (tertiary/aromatic N) is 2. The molecule has 0 aliphatic heterocycles. The number of aromatic nitrogens is 2. The van der Waals surface area contributed by atoms with Crippen molar-refractivity contribution in [3.63, 3.8) is 0 Å². The van der Waals surface area contributed by atoms with Crippen LogP contribution in [0.3, 0.4) is 0 Å². The molecule has 0 amide bonds. The highest BCUT2D eigenvalue weighted by Gasteiger charge is 2.15. The van der Waals surface area contributed by atoms with Gasteiger partial charge in [0, 0.05) is 0 Å². The summed E-state index contributed by atoms with van der Waals surface area (Å²) in [6.45, 7) is 0. The van der Waals surface area contributed by atoms with E-state index in [-0.39, 0.29) is 6.04 Å². The molecule has 0 saturated carbocycles. The van der Waals surface area contributed by atoms with E-state index in [2.05, 4.69) is 16.0 Å². The lowest BCUT2D eigenvalue weighted by atomic mass is 9.93. The Bertz CT molecular complexity index is 589. The van der Waals surface area contributed by atoms with Crippen molar-refractivity contribution in [3.05, 3.63) is 47.8 Å². The Labute approximate surface area is 107 Å². The van der Waals surface area contributed by atoms with Gasteiger partial charge in [0.15, 0.2) is 0 Å². The monoisotopic (exact) mass is 239 g/mol. The number of para-hydroxylation sites is 2. The minimum Gasteiger partial charge on any atom is -0.319 e. The van der Waals surface area contributed by atoms with Crippen molar-refractivity contribution in [2.45, 2.75) is 31.7 Å². The summed E-state index contributed by atoms with van der Waals surface area (Å²) in [5, 5.41) is 0. The predicted octanol–water partition coefficient (Wildman–Crippen LogP) is 3.13. The van der Waals surface area contributed by atoms with Crippen molar-refractivity contribution >= 4 is 11.0 Å². The number of benzene rings is 1.